The normalized spacial score (nSPS) is 11.0. The third-order valence-corrected chi connectivity index (χ3v) is 2.88. The highest BCUT2D eigenvalue weighted by Gasteiger charge is 2.08. The third-order valence-electron chi connectivity index (χ3n) is 2.88. The molecule has 0 aromatic carbocycles. The zero-order valence-electron chi connectivity index (χ0n) is 13.8. The highest BCUT2D eigenvalue weighted by atomic mass is 16.5. The topological polar surface area (TPSA) is 75.2 Å². The van der Waals surface area contributed by atoms with E-state index in [0.717, 1.165) is 32.6 Å². The van der Waals surface area contributed by atoms with Crippen molar-refractivity contribution in [3.63, 3.8) is 0 Å². The summed E-state index contributed by atoms with van der Waals surface area (Å²) in [6.45, 7) is 12.2. The van der Waals surface area contributed by atoms with E-state index in [1.54, 1.807) is 7.05 Å². The van der Waals surface area contributed by atoms with E-state index in [1.807, 2.05) is 13.8 Å². The Hall–Kier alpha value is -1.63. The largest absolute Gasteiger partial charge is 0.461 e. The highest BCUT2D eigenvalue weighted by molar-refractivity contribution is 5.35. The lowest BCUT2D eigenvalue weighted by atomic mass is 10.4. The van der Waals surface area contributed by atoms with Crippen LogP contribution in [0.15, 0.2) is 0 Å². The van der Waals surface area contributed by atoms with E-state index in [0.29, 0.717) is 17.9 Å². The second kappa shape index (κ2) is 9.33. The van der Waals surface area contributed by atoms with E-state index in [1.165, 1.54) is 0 Å². The van der Waals surface area contributed by atoms with Crippen LogP contribution in [0.5, 0.6) is 6.01 Å². The summed E-state index contributed by atoms with van der Waals surface area (Å²) in [6.07, 6.45) is 1.20. The summed E-state index contributed by atoms with van der Waals surface area (Å²) in [7, 11) is 1.78. The summed E-state index contributed by atoms with van der Waals surface area (Å²) in [6, 6.07) is 0.341. The summed E-state index contributed by atoms with van der Waals surface area (Å²) in [5.41, 5.74) is 0. The van der Waals surface area contributed by atoms with Crippen LogP contribution in [0.1, 0.15) is 34.1 Å². The molecular weight excluding hydrogens is 268 g/mol. The number of likely N-dealkylation sites (N-methyl/N-ethyl adjacent to an activating group) is 1. The predicted molar refractivity (Wildman–Crippen MR) is 86.0 cm³/mol. The number of nitrogens with one attached hydrogen (secondary N) is 2. The van der Waals surface area contributed by atoms with Gasteiger partial charge < -0.3 is 20.3 Å². The molecule has 1 aromatic heterocycles. The molecule has 2 N–H and O–H groups in total. The van der Waals surface area contributed by atoms with Gasteiger partial charge in [-0.15, -0.1) is 0 Å². The van der Waals surface area contributed by atoms with Gasteiger partial charge in [0.15, 0.2) is 0 Å². The van der Waals surface area contributed by atoms with Gasteiger partial charge in [-0.3, -0.25) is 0 Å². The van der Waals surface area contributed by atoms with Crippen molar-refractivity contribution in [2.24, 2.45) is 0 Å². The zero-order chi connectivity index (χ0) is 15.7. The summed E-state index contributed by atoms with van der Waals surface area (Å²) in [5, 5.41) is 6.15. The highest BCUT2D eigenvalue weighted by Crippen LogP contribution is 2.11. The maximum Gasteiger partial charge on any atom is 0.323 e. The molecular formula is C14H28N6O. The molecule has 21 heavy (non-hydrogen) atoms. The Bertz CT molecular complexity index is 412. The van der Waals surface area contributed by atoms with E-state index in [-0.39, 0.29) is 6.10 Å². The Morgan fingerprint density at radius 1 is 1.10 bits per heavy atom. The standard InChI is InChI=1S/C14H28N6O/c1-6-9-20(7-2)10-8-16-13-17-12(15-5)18-14(19-13)21-11(3)4/h11H,6-10H2,1-5H3,(H2,15,16,17,18,19). The molecule has 0 aliphatic heterocycles. The van der Waals surface area contributed by atoms with E-state index in [2.05, 4.69) is 44.3 Å². The Morgan fingerprint density at radius 2 is 1.81 bits per heavy atom. The number of rotatable bonds is 10. The van der Waals surface area contributed by atoms with Crippen molar-refractivity contribution in [2.75, 3.05) is 43.9 Å². The van der Waals surface area contributed by atoms with Gasteiger partial charge in [-0.05, 0) is 33.4 Å². The molecule has 0 atom stereocenters. The maximum atomic E-state index is 5.53. The van der Waals surface area contributed by atoms with Gasteiger partial charge in [-0.25, -0.2) is 0 Å². The van der Waals surface area contributed by atoms with Gasteiger partial charge in [0.05, 0.1) is 6.10 Å². The van der Waals surface area contributed by atoms with Crippen molar-refractivity contribution >= 4 is 11.9 Å². The summed E-state index contributed by atoms with van der Waals surface area (Å²) in [4.78, 5) is 15.1. The van der Waals surface area contributed by atoms with Crippen LogP contribution >= 0.6 is 0 Å². The Balaban J connectivity index is 2.60. The van der Waals surface area contributed by atoms with Gasteiger partial charge in [-0.1, -0.05) is 13.8 Å². The fourth-order valence-electron chi connectivity index (χ4n) is 1.88. The number of nitrogens with zero attached hydrogens (tertiary/aromatic N) is 4. The molecule has 1 heterocycles. The minimum atomic E-state index is 0.0325. The molecule has 0 bridgehead atoms. The number of hydrogen-bond acceptors (Lipinski definition) is 7. The minimum Gasteiger partial charge on any atom is -0.461 e. The van der Waals surface area contributed by atoms with Gasteiger partial charge in [0.25, 0.3) is 0 Å². The fraction of sp³-hybridized carbons (Fsp3) is 0.786. The maximum absolute atomic E-state index is 5.53. The molecule has 120 valence electrons. The van der Waals surface area contributed by atoms with E-state index < -0.39 is 0 Å². The molecule has 7 heteroatoms. The lowest BCUT2D eigenvalue weighted by Crippen LogP contribution is -2.30. The molecule has 0 aliphatic rings. The zero-order valence-corrected chi connectivity index (χ0v) is 13.8. The molecule has 0 radical (unpaired) electrons. The van der Waals surface area contributed by atoms with Crippen molar-refractivity contribution in [2.45, 2.75) is 40.2 Å². The molecule has 0 amide bonds. The quantitative estimate of drug-likeness (QED) is 0.682. The Morgan fingerprint density at radius 3 is 2.38 bits per heavy atom. The fourth-order valence-corrected chi connectivity index (χ4v) is 1.88. The average molecular weight is 296 g/mol. The van der Waals surface area contributed by atoms with Crippen molar-refractivity contribution in [1.82, 2.24) is 19.9 Å². The summed E-state index contributed by atoms with van der Waals surface area (Å²) in [5.74, 6) is 1.04. The number of hydrogen-bond donors (Lipinski definition) is 2. The first-order valence-corrected chi connectivity index (χ1v) is 7.65. The predicted octanol–water partition coefficient (Wildman–Crippen LogP) is 1.84. The van der Waals surface area contributed by atoms with Crippen LogP contribution in [0.4, 0.5) is 11.9 Å². The Labute approximate surface area is 127 Å². The second-order valence-corrected chi connectivity index (χ2v) is 5.04. The van der Waals surface area contributed by atoms with Crippen LogP contribution in [0.2, 0.25) is 0 Å². The first-order chi connectivity index (χ1) is 10.1. The second-order valence-electron chi connectivity index (χ2n) is 5.04. The molecule has 7 nitrogen and oxygen atoms in total. The first-order valence-electron chi connectivity index (χ1n) is 7.65. The lowest BCUT2D eigenvalue weighted by Gasteiger charge is -2.19. The molecule has 0 saturated heterocycles. The smallest absolute Gasteiger partial charge is 0.323 e. The van der Waals surface area contributed by atoms with E-state index in [9.17, 15) is 0 Å². The van der Waals surface area contributed by atoms with E-state index in [4.69, 9.17) is 4.74 Å². The Kier molecular flexibility index (Phi) is 7.74. The summed E-state index contributed by atoms with van der Waals surface area (Å²) < 4.78 is 5.53. The number of ether oxygens (including phenoxy) is 1. The molecule has 0 saturated carbocycles. The molecule has 0 fully saturated rings. The number of anilines is 2. The van der Waals surface area contributed by atoms with Crippen molar-refractivity contribution in [1.29, 1.82) is 0 Å². The van der Waals surface area contributed by atoms with Crippen molar-refractivity contribution < 1.29 is 4.74 Å². The molecule has 0 aliphatic carbocycles. The van der Waals surface area contributed by atoms with Gasteiger partial charge in [0.2, 0.25) is 11.9 Å². The molecule has 1 rings (SSSR count). The summed E-state index contributed by atoms with van der Waals surface area (Å²) >= 11 is 0. The van der Waals surface area contributed by atoms with Crippen LogP contribution < -0.4 is 15.4 Å². The third kappa shape index (κ3) is 6.57. The minimum absolute atomic E-state index is 0.0325. The number of aromatic nitrogens is 3. The molecule has 0 unspecified atom stereocenters. The van der Waals surface area contributed by atoms with Gasteiger partial charge in [0, 0.05) is 20.1 Å². The van der Waals surface area contributed by atoms with Crippen LogP contribution in [0, 0.1) is 0 Å². The SMILES string of the molecule is CCCN(CC)CCNc1nc(NC)nc(OC(C)C)n1. The van der Waals surface area contributed by atoms with Gasteiger partial charge in [0.1, 0.15) is 0 Å². The monoisotopic (exact) mass is 296 g/mol. The lowest BCUT2D eigenvalue weighted by molar-refractivity contribution is 0.222. The van der Waals surface area contributed by atoms with Gasteiger partial charge >= 0.3 is 6.01 Å². The molecule has 0 spiro atoms. The first kappa shape index (κ1) is 17.4. The average Bonchev–Trinajstić information content (AvgIpc) is 2.45. The van der Waals surface area contributed by atoms with Crippen LogP contribution in [-0.2, 0) is 0 Å². The van der Waals surface area contributed by atoms with Crippen molar-refractivity contribution in [3.8, 4) is 6.01 Å². The van der Waals surface area contributed by atoms with E-state index >= 15 is 0 Å². The van der Waals surface area contributed by atoms with Crippen LogP contribution in [0.3, 0.4) is 0 Å². The van der Waals surface area contributed by atoms with Crippen molar-refractivity contribution in [3.05, 3.63) is 0 Å². The van der Waals surface area contributed by atoms with Crippen LogP contribution in [0.25, 0.3) is 0 Å². The van der Waals surface area contributed by atoms with Crippen LogP contribution in [-0.4, -0.2) is 59.2 Å². The van der Waals surface area contributed by atoms with Gasteiger partial charge in [-0.2, -0.15) is 15.0 Å². The molecule has 1 aromatic rings.